The van der Waals surface area contributed by atoms with Crippen LogP contribution in [0.3, 0.4) is 0 Å². The summed E-state index contributed by atoms with van der Waals surface area (Å²) in [6.45, 7) is 4.37. The zero-order valence-corrected chi connectivity index (χ0v) is 12.9. The van der Waals surface area contributed by atoms with E-state index in [2.05, 4.69) is 49.2 Å². The van der Waals surface area contributed by atoms with Gasteiger partial charge >= 0.3 is 0 Å². The fourth-order valence-electron chi connectivity index (χ4n) is 2.93. The van der Waals surface area contributed by atoms with Crippen LogP contribution < -0.4 is 4.74 Å². The van der Waals surface area contributed by atoms with E-state index >= 15 is 0 Å². The molecule has 0 aliphatic carbocycles. The second kappa shape index (κ2) is 5.65. The van der Waals surface area contributed by atoms with Crippen LogP contribution in [0.15, 0.2) is 42.5 Å². The van der Waals surface area contributed by atoms with E-state index in [4.69, 9.17) is 4.74 Å². The minimum Gasteiger partial charge on any atom is -0.497 e. The van der Waals surface area contributed by atoms with Crippen LogP contribution in [0, 0.1) is 6.92 Å². The third-order valence-corrected chi connectivity index (χ3v) is 4.16. The van der Waals surface area contributed by atoms with E-state index in [9.17, 15) is 0 Å². The number of rotatable bonds is 4. The van der Waals surface area contributed by atoms with Gasteiger partial charge in [-0.05, 0) is 48.6 Å². The number of hydrogen-bond donors (Lipinski definition) is 1. The van der Waals surface area contributed by atoms with Crippen LogP contribution in [-0.2, 0) is 12.8 Å². The van der Waals surface area contributed by atoms with Gasteiger partial charge in [-0.3, -0.25) is 0 Å². The van der Waals surface area contributed by atoms with E-state index in [1.165, 1.54) is 33.3 Å². The molecule has 0 saturated heterocycles. The first-order chi connectivity index (χ1) is 10.2. The van der Waals surface area contributed by atoms with Crippen molar-refractivity contribution in [1.29, 1.82) is 0 Å². The van der Waals surface area contributed by atoms with Gasteiger partial charge in [0.1, 0.15) is 5.75 Å². The van der Waals surface area contributed by atoms with Crippen LogP contribution in [0.5, 0.6) is 5.75 Å². The Morgan fingerprint density at radius 2 is 1.81 bits per heavy atom. The maximum atomic E-state index is 5.22. The Labute approximate surface area is 125 Å². The Kier molecular flexibility index (Phi) is 3.70. The van der Waals surface area contributed by atoms with Crippen molar-refractivity contribution in [1.82, 2.24) is 4.98 Å². The first-order valence-electron chi connectivity index (χ1n) is 7.45. The molecule has 1 heterocycles. The largest absolute Gasteiger partial charge is 0.497 e. The van der Waals surface area contributed by atoms with Gasteiger partial charge in [-0.2, -0.15) is 0 Å². The molecular formula is C19H21NO. The zero-order chi connectivity index (χ0) is 14.8. The van der Waals surface area contributed by atoms with E-state index in [-0.39, 0.29) is 0 Å². The van der Waals surface area contributed by atoms with Crippen LogP contribution in [0.1, 0.15) is 29.3 Å². The van der Waals surface area contributed by atoms with Crippen molar-refractivity contribution in [2.24, 2.45) is 0 Å². The number of aromatic amines is 1. The number of H-pyrrole nitrogens is 1. The summed E-state index contributed by atoms with van der Waals surface area (Å²) in [5.41, 5.74) is 6.64. The van der Waals surface area contributed by atoms with Crippen molar-refractivity contribution in [3.63, 3.8) is 0 Å². The highest BCUT2D eigenvalue weighted by Crippen LogP contribution is 2.27. The molecule has 0 atom stereocenters. The highest BCUT2D eigenvalue weighted by molar-refractivity contribution is 5.87. The van der Waals surface area contributed by atoms with Crippen molar-refractivity contribution >= 4 is 10.9 Å². The minimum absolute atomic E-state index is 0.905. The summed E-state index contributed by atoms with van der Waals surface area (Å²) in [5, 5.41) is 1.35. The van der Waals surface area contributed by atoms with E-state index < -0.39 is 0 Å². The highest BCUT2D eigenvalue weighted by Gasteiger charge is 2.11. The summed E-state index contributed by atoms with van der Waals surface area (Å²) < 4.78 is 5.22. The number of aryl methyl sites for hydroxylation is 2. The topological polar surface area (TPSA) is 25.0 Å². The summed E-state index contributed by atoms with van der Waals surface area (Å²) in [7, 11) is 1.70. The van der Waals surface area contributed by atoms with Gasteiger partial charge in [0.25, 0.3) is 0 Å². The number of aromatic nitrogens is 1. The summed E-state index contributed by atoms with van der Waals surface area (Å²) in [5.74, 6) is 0.905. The van der Waals surface area contributed by atoms with E-state index in [1.807, 2.05) is 12.1 Å². The molecule has 0 aliphatic rings. The van der Waals surface area contributed by atoms with Gasteiger partial charge in [-0.15, -0.1) is 0 Å². The smallest absolute Gasteiger partial charge is 0.118 e. The predicted octanol–water partition coefficient (Wildman–Crippen LogP) is 4.64. The molecule has 3 rings (SSSR count). The van der Waals surface area contributed by atoms with Crippen molar-refractivity contribution in [3.8, 4) is 5.75 Å². The molecule has 1 N–H and O–H groups in total. The summed E-state index contributed by atoms with van der Waals surface area (Å²) >= 11 is 0. The lowest BCUT2D eigenvalue weighted by Crippen LogP contribution is -1.90. The highest BCUT2D eigenvalue weighted by atomic mass is 16.5. The lowest BCUT2D eigenvalue weighted by Gasteiger charge is -2.05. The fraction of sp³-hybridized carbons (Fsp3) is 0.263. The molecule has 0 spiro atoms. The number of hydrogen-bond acceptors (Lipinski definition) is 1. The lowest BCUT2D eigenvalue weighted by molar-refractivity contribution is 0.414. The van der Waals surface area contributed by atoms with Crippen LogP contribution in [0.4, 0.5) is 0 Å². The van der Waals surface area contributed by atoms with Gasteiger partial charge in [0.15, 0.2) is 0 Å². The zero-order valence-electron chi connectivity index (χ0n) is 12.9. The molecule has 2 heteroatoms. The van der Waals surface area contributed by atoms with E-state index in [1.54, 1.807) is 7.11 Å². The Bertz CT molecular complexity index is 753. The lowest BCUT2D eigenvalue weighted by atomic mass is 10.0. The molecule has 3 aromatic rings. The Morgan fingerprint density at radius 3 is 2.48 bits per heavy atom. The van der Waals surface area contributed by atoms with Gasteiger partial charge < -0.3 is 9.72 Å². The average Bonchev–Trinajstić information content (AvgIpc) is 2.84. The second-order valence-corrected chi connectivity index (χ2v) is 5.45. The first-order valence-corrected chi connectivity index (χ1v) is 7.45. The van der Waals surface area contributed by atoms with Crippen molar-refractivity contribution < 1.29 is 4.74 Å². The first kappa shape index (κ1) is 13.7. The molecule has 108 valence electrons. The minimum atomic E-state index is 0.905. The monoisotopic (exact) mass is 279 g/mol. The number of nitrogens with one attached hydrogen (secondary N) is 1. The molecule has 21 heavy (non-hydrogen) atoms. The fourth-order valence-corrected chi connectivity index (χ4v) is 2.93. The molecule has 0 bridgehead atoms. The summed E-state index contributed by atoms with van der Waals surface area (Å²) in [6, 6.07) is 14.9. The maximum Gasteiger partial charge on any atom is 0.118 e. The van der Waals surface area contributed by atoms with Crippen molar-refractivity contribution in [2.45, 2.75) is 26.7 Å². The van der Waals surface area contributed by atoms with E-state index in [0.717, 1.165) is 18.6 Å². The Hall–Kier alpha value is -2.22. The molecule has 2 nitrogen and oxygen atoms in total. The van der Waals surface area contributed by atoms with Crippen molar-refractivity contribution in [3.05, 3.63) is 64.8 Å². The molecular weight excluding hydrogens is 258 g/mol. The molecule has 0 radical (unpaired) electrons. The standard InChI is InChI=1S/C19H21NO/c1-4-15-6-5-7-17-18(13(2)20-19(15)17)12-14-8-10-16(21-3)11-9-14/h5-11,20H,4,12H2,1-3H3. The molecule has 0 amide bonds. The quantitative estimate of drug-likeness (QED) is 0.739. The number of methoxy groups -OCH3 is 1. The average molecular weight is 279 g/mol. The third kappa shape index (κ3) is 2.54. The Morgan fingerprint density at radius 1 is 1.05 bits per heavy atom. The molecule has 0 unspecified atom stereocenters. The number of benzene rings is 2. The van der Waals surface area contributed by atoms with E-state index in [0.29, 0.717) is 0 Å². The van der Waals surface area contributed by atoms with Crippen LogP contribution in [-0.4, -0.2) is 12.1 Å². The van der Waals surface area contributed by atoms with Crippen molar-refractivity contribution in [2.75, 3.05) is 7.11 Å². The Balaban J connectivity index is 2.01. The van der Waals surface area contributed by atoms with Crippen LogP contribution >= 0.6 is 0 Å². The maximum absolute atomic E-state index is 5.22. The molecule has 2 aromatic carbocycles. The molecule has 0 saturated carbocycles. The predicted molar refractivity (Wildman–Crippen MR) is 88.2 cm³/mol. The molecule has 0 aliphatic heterocycles. The third-order valence-electron chi connectivity index (χ3n) is 4.16. The van der Waals surface area contributed by atoms with Gasteiger partial charge in [-0.1, -0.05) is 37.3 Å². The van der Waals surface area contributed by atoms with Gasteiger partial charge in [0, 0.05) is 16.6 Å². The van der Waals surface area contributed by atoms with Gasteiger partial charge in [-0.25, -0.2) is 0 Å². The number of ether oxygens (including phenoxy) is 1. The molecule has 1 aromatic heterocycles. The van der Waals surface area contributed by atoms with Gasteiger partial charge in [0.05, 0.1) is 7.11 Å². The van der Waals surface area contributed by atoms with Crippen LogP contribution in [0.25, 0.3) is 10.9 Å². The normalized spacial score (nSPS) is 11.0. The molecule has 0 fully saturated rings. The summed E-state index contributed by atoms with van der Waals surface area (Å²) in [6.07, 6.45) is 2.00. The number of para-hydroxylation sites is 1. The van der Waals surface area contributed by atoms with Gasteiger partial charge in [0.2, 0.25) is 0 Å². The number of fused-ring (bicyclic) bond motifs is 1. The van der Waals surface area contributed by atoms with Crippen LogP contribution in [0.2, 0.25) is 0 Å². The SMILES string of the molecule is CCc1cccc2c(Cc3ccc(OC)cc3)c(C)[nH]c12. The summed E-state index contributed by atoms with van der Waals surface area (Å²) in [4.78, 5) is 3.56. The second-order valence-electron chi connectivity index (χ2n) is 5.45.